The first-order valence-corrected chi connectivity index (χ1v) is 5.14. The van der Waals surface area contributed by atoms with Crippen LogP contribution < -0.4 is 5.73 Å². The van der Waals surface area contributed by atoms with Gasteiger partial charge in [-0.05, 0) is 37.4 Å². The summed E-state index contributed by atoms with van der Waals surface area (Å²) in [4.78, 5) is 0. The number of rotatable bonds is 2. The van der Waals surface area contributed by atoms with E-state index in [-0.39, 0.29) is 0 Å². The SMILES string of the molecule is N#Cc1cccn1C1CCCC1CN. The largest absolute Gasteiger partial charge is 0.336 e. The second-order valence-corrected chi connectivity index (χ2v) is 3.91. The summed E-state index contributed by atoms with van der Waals surface area (Å²) in [7, 11) is 0. The van der Waals surface area contributed by atoms with Crippen molar-refractivity contribution in [1.82, 2.24) is 4.57 Å². The number of hydrogen-bond donors (Lipinski definition) is 1. The Labute approximate surface area is 84.1 Å². The molecule has 1 aliphatic rings. The van der Waals surface area contributed by atoms with Gasteiger partial charge in [0.05, 0.1) is 0 Å². The standard InChI is InChI=1S/C11H15N3/c12-7-9-3-1-5-11(9)14-6-2-4-10(14)8-13/h2,4,6,9,11H,1,3,5,7,12H2. The van der Waals surface area contributed by atoms with Crippen LogP contribution in [0.1, 0.15) is 31.0 Å². The fraction of sp³-hybridized carbons (Fsp3) is 0.545. The molecule has 0 aromatic carbocycles. The predicted octanol–water partition coefficient (Wildman–Crippen LogP) is 1.66. The van der Waals surface area contributed by atoms with Gasteiger partial charge in [0.15, 0.2) is 0 Å². The normalized spacial score (nSPS) is 26.3. The van der Waals surface area contributed by atoms with Crippen molar-refractivity contribution in [2.75, 3.05) is 6.54 Å². The van der Waals surface area contributed by atoms with Crippen LogP contribution in [-0.2, 0) is 0 Å². The topological polar surface area (TPSA) is 54.7 Å². The predicted molar refractivity (Wildman–Crippen MR) is 54.6 cm³/mol. The van der Waals surface area contributed by atoms with Gasteiger partial charge in [-0.25, -0.2) is 0 Å². The summed E-state index contributed by atoms with van der Waals surface area (Å²) in [6, 6.07) is 6.47. The fourth-order valence-corrected chi connectivity index (χ4v) is 2.44. The summed E-state index contributed by atoms with van der Waals surface area (Å²) >= 11 is 0. The summed E-state index contributed by atoms with van der Waals surface area (Å²) in [6.45, 7) is 0.730. The second kappa shape index (κ2) is 3.85. The van der Waals surface area contributed by atoms with E-state index >= 15 is 0 Å². The van der Waals surface area contributed by atoms with E-state index in [1.807, 2.05) is 18.3 Å². The summed E-state index contributed by atoms with van der Waals surface area (Å²) in [5.41, 5.74) is 6.49. The van der Waals surface area contributed by atoms with E-state index in [0.29, 0.717) is 12.0 Å². The van der Waals surface area contributed by atoms with Crippen LogP contribution in [0.3, 0.4) is 0 Å². The number of aromatic nitrogens is 1. The lowest BCUT2D eigenvalue weighted by atomic mass is 10.0. The van der Waals surface area contributed by atoms with Gasteiger partial charge in [0, 0.05) is 12.2 Å². The highest BCUT2D eigenvalue weighted by Gasteiger charge is 2.28. The Morgan fingerprint density at radius 2 is 2.43 bits per heavy atom. The summed E-state index contributed by atoms with van der Waals surface area (Å²) in [5, 5.41) is 8.92. The van der Waals surface area contributed by atoms with Crippen molar-refractivity contribution >= 4 is 0 Å². The fourth-order valence-electron chi connectivity index (χ4n) is 2.44. The van der Waals surface area contributed by atoms with Crippen LogP contribution >= 0.6 is 0 Å². The van der Waals surface area contributed by atoms with Crippen LogP contribution in [0.5, 0.6) is 0 Å². The quantitative estimate of drug-likeness (QED) is 0.769. The van der Waals surface area contributed by atoms with Crippen LogP contribution in [0.4, 0.5) is 0 Å². The third-order valence-electron chi connectivity index (χ3n) is 3.17. The minimum absolute atomic E-state index is 0.449. The zero-order chi connectivity index (χ0) is 9.97. The Hall–Kier alpha value is -1.27. The molecule has 3 heteroatoms. The van der Waals surface area contributed by atoms with E-state index in [9.17, 15) is 0 Å². The van der Waals surface area contributed by atoms with Gasteiger partial charge in [-0.15, -0.1) is 0 Å². The van der Waals surface area contributed by atoms with Crippen LogP contribution in [0.2, 0.25) is 0 Å². The first-order valence-electron chi connectivity index (χ1n) is 5.14. The molecule has 1 saturated carbocycles. The minimum Gasteiger partial charge on any atom is -0.336 e. The Kier molecular flexibility index (Phi) is 2.55. The Bertz CT molecular complexity index is 348. The molecule has 1 aromatic heterocycles. The van der Waals surface area contributed by atoms with Gasteiger partial charge in [-0.1, -0.05) is 6.42 Å². The van der Waals surface area contributed by atoms with Gasteiger partial charge in [-0.2, -0.15) is 5.26 Å². The van der Waals surface area contributed by atoms with E-state index < -0.39 is 0 Å². The number of nitrogens with two attached hydrogens (primary N) is 1. The maximum atomic E-state index is 8.92. The summed E-state index contributed by atoms with van der Waals surface area (Å²) in [5.74, 6) is 0.550. The van der Waals surface area contributed by atoms with Crippen molar-refractivity contribution in [2.45, 2.75) is 25.3 Å². The highest BCUT2D eigenvalue weighted by molar-refractivity contribution is 5.23. The number of nitrogens with zero attached hydrogens (tertiary/aromatic N) is 2. The van der Waals surface area contributed by atoms with Crippen LogP contribution in [0, 0.1) is 17.2 Å². The lowest BCUT2D eigenvalue weighted by Gasteiger charge is -2.20. The molecule has 3 nitrogen and oxygen atoms in total. The van der Waals surface area contributed by atoms with Gasteiger partial charge in [0.2, 0.25) is 0 Å². The molecule has 0 amide bonds. The van der Waals surface area contributed by atoms with Crippen molar-refractivity contribution < 1.29 is 0 Å². The van der Waals surface area contributed by atoms with Gasteiger partial charge in [0.25, 0.3) is 0 Å². The number of nitriles is 1. The molecule has 0 aliphatic heterocycles. The molecule has 0 bridgehead atoms. The maximum Gasteiger partial charge on any atom is 0.120 e. The molecule has 74 valence electrons. The maximum absolute atomic E-state index is 8.92. The average molecular weight is 189 g/mol. The molecule has 2 unspecified atom stereocenters. The summed E-state index contributed by atoms with van der Waals surface area (Å²) < 4.78 is 2.09. The third kappa shape index (κ3) is 1.42. The zero-order valence-electron chi connectivity index (χ0n) is 8.19. The molecule has 1 fully saturated rings. The highest BCUT2D eigenvalue weighted by atomic mass is 15.0. The second-order valence-electron chi connectivity index (χ2n) is 3.91. The smallest absolute Gasteiger partial charge is 0.120 e. The van der Waals surface area contributed by atoms with Gasteiger partial charge in [0.1, 0.15) is 11.8 Å². The van der Waals surface area contributed by atoms with Gasteiger partial charge >= 0.3 is 0 Å². The minimum atomic E-state index is 0.449. The highest BCUT2D eigenvalue weighted by Crippen LogP contribution is 2.35. The lowest BCUT2D eigenvalue weighted by molar-refractivity contribution is 0.386. The average Bonchev–Trinajstić information content (AvgIpc) is 2.85. The molecule has 2 rings (SSSR count). The van der Waals surface area contributed by atoms with Crippen molar-refractivity contribution in [3.63, 3.8) is 0 Å². The molecule has 14 heavy (non-hydrogen) atoms. The first-order chi connectivity index (χ1) is 6.86. The molecule has 1 aliphatic carbocycles. The monoisotopic (exact) mass is 189 g/mol. The van der Waals surface area contributed by atoms with E-state index in [1.54, 1.807) is 0 Å². The first kappa shape index (κ1) is 9.29. The van der Waals surface area contributed by atoms with Crippen molar-refractivity contribution in [3.05, 3.63) is 24.0 Å². The molecule has 0 saturated heterocycles. The Balaban J connectivity index is 2.26. The van der Waals surface area contributed by atoms with Crippen molar-refractivity contribution in [1.29, 1.82) is 5.26 Å². The molecule has 2 atom stereocenters. The zero-order valence-corrected chi connectivity index (χ0v) is 8.19. The summed E-state index contributed by atoms with van der Waals surface area (Å²) in [6.07, 6.45) is 5.59. The third-order valence-corrected chi connectivity index (χ3v) is 3.17. The van der Waals surface area contributed by atoms with Crippen molar-refractivity contribution in [2.24, 2.45) is 11.7 Å². The van der Waals surface area contributed by atoms with Crippen LogP contribution in [0.15, 0.2) is 18.3 Å². The molecular formula is C11H15N3. The van der Waals surface area contributed by atoms with Crippen LogP contribution in [0.25, 0.3) is 0 Å². The Morgan fingerprint density at radius 3 is 3.14 bits per heavy atom. The van der Waals surface area contributed by atoms with E-state index in [0.717, 1.165) is 18.7 Å². The lowest BCUT2D eigenvalue weighted by Crippen LogP contribution is -2.21. The molecule has 1 aromatic rings. The molecule has 0 spiro atoms. The van der Waals surface area contributed by atoms with Gasteiger partial charge in [-0.3, -0.25) is 0 Å². The van der Waals surface area contributed by atoms with E-state index in [4.69, 9.17) is 11.0 Å². The molecular weight excluding hydrogens is 174 g/mol. The number of hydrogen-bond acceptors (Lipinski definition) is 2. The van der Waals surface area contributed by atoms with Crippen molar-refractivity contribution in [3.8, 4) is 6.07 Å². The van der Waals surface area contributed by atoms with E-state index in [2.05, 4.69) is 10.6 Å². The molecule has 1 heterocycles. The Morgan fingerprint density at radius 1 is 1.57 bits per heavy atom. The van der Waals surface area contributed by atoms with Gasteiger partial charge < -0.3 is 10.3 Å². The molecule has 2 N–H and O–H groups in total. The van der Waals surface area contributed by atoms with E-state index in [1.165, 1.54) is 12.8 Å². The van der Waals surface area contributed by atoms with Crippen LogP contribution in [-0.4, -0.2) is 11.1 Å². The molecule has 0 radical (unpaired) electrons.